The Bertz CT molecular complexity index is 1100. The van der Waals surface area contributed by atoms with Gasteiger partial charge in [0, 0.05) is 13.1 Å². The first-order valence-electron chi connectivity index (χ1n) is 13.3. The van der Waals surface area contributed by atoms with Crippen LogP contribution >= 0.6 is 0 Å². The minimum Gasteiger partial charge on any atom is -0.497 e. The summed E-state index contributed by atoms with van der Waals surface area (Å²) >= 11 is 0. The van der Waals surface area contributed by atoms with Gasteiger partial charge in [-0.05, 0) is 87.5 Å². The first kappa shape index (κ1) is 34.9. The van der Waals surface area contributed by atoms with Crippen molar-refractivity contribution >= 4 is 11.9 Å². The minimum absolute atomic E-state index is 0.597. The molecule has 0 aliphatic carbocycles. The fourth-order valence-corrected chi connectivity index (χ4v) is 4.81. The quantitative estimate of drug-likeness (QED) is 0.395. The lowest BCUT2D eigenvalue weighted by atomic mass is 9.71. The highest BCUT2D eigenvalue weighted by Crippen LogP contribution is 2.41. The molecule has 2 heterocycles. The van der Waals surface area contributed by atoms with E-state index >= 15 is 0 Å². The second-order valence-electron chi connectivity index (χ2n) is 10.5. The van der Waals surface area contributed by atoms with E-state index < -0.39 is 24.3 Å². The van der Waals surface area contributed by atoms with Gasteiger partial charge in [0.2, 0.25) is 0 Å². The predicted molar refractivity (Wildman–Crippen MR) is 143 cm³/mol. The van der Waals surface area contributed by atoms with Crippen LogP contribution in [0.25, 0.3) is 0 Å². The van der Waals surface area contributed by atoms with Gasteiger partial charge in [-0.25, -0.2) is 9.59 Å². The Morgan fingerprint density at radius 1 is 0.714 bits per heavy atom. The number of methoxy groups -OCH3 is 1. The fourth-order valence-electron chi connectivity index (χ4n) is 4.81. The van der Waals surface area contributed by atoms with E-state index in [4.69, 9.17) is 24.5 Å². The summed E-state index contributed by atoms with van der Waals surface area (Å²) in [6, 6.07) is 17.6. The molecule has 4 rings (SSSR count). The summed E-state index contributed by atoms with van der Waals surface area (Å²) in [6.07, 6.45) is -4.70. The van der Waals surface area contributed by atoms with E-state index in [-0.39, 0.29) is 0 Å². The van der Waals surface area contributed by atoms with Crippen molar-refractivity contribution < 1.29 is 50.9 Å². The summed E-state index contributed by atoms with van der Waals surface area (Å²) in [5, 5.41) is 14.2. The molecule has 2 fully saturated rings. The predicted octanol–water partition coefficient (Wildman–Crippen LogP) is 6.15. The topological polar surface area (TPSA) is 90.3 Å². The lowest BCUT2D eigenvalue weighted by Gasteiger charge is -2.47. The van der Waals surface area contributed by atoms with Crippen LogP contribution in [0.15, 0.2) is 48.5 Å². The molecule has 13 heteroatoms. The number of nitrogens with zero attached hydrogens (tertiary/aromatic N) is 2. The van der Waals surface area contributed by atoms with Crippen LogP contribution in [-0.4, -0.2) is 77.6 Å². The van der Waals surface area contributed by atoms with Crippen LogP contribution in [0.4, 0.5) is 26.3 Å². The Morgan fingerprint density at radius 3 is 1.31 bits per heavy atom. The number of hydrogen-bond acceptors (Lipinski definition) is 5. The highest BCUT2D eigenvalue weighted by atomic mass is 19.4. The van der Waals surface area contributed by atoms with Crippen molar-refractivity contribution in [3.05, 3.63) is 65.2 Å². The van der Waals surface area contributed by atoms with E-state index in [1.165, 1.54) is 68.6 Å². The maximum absolute atomic E-state index is 10.6. The Labute approximate surface area is 240 Å². The third-order valence-corrected chi connectivity index (χ3v) is 7.41. The maximum Gasteiger partial charge on any atom is 0.490 e. The number of alkyl halides is 6. The van der Waals surface area contributed by atoms with Crippen molar-refractivity contribution in [1.29, 1.82) is 0 Å². The number of piperidine rings is 2. The Kier molecular flexibility index (Phi) is 12.7. The molecule has 2 aromatic carbocycles. The molecule has 0 saturated carbocycles. The molecule has 2 aromatic rings. The van der Waals surface area contributed by atoms with E-state index in [0.29, 0.717) is 5.41 Å². The van der Waals surface area contributed by atoms with Crippen LogP contribution in [0.3, 0.4) is 0 Å². The smallest absolute Gasteiger partial charge is 0.490 e. The summed E-state index contributed by atoms with van der Waals surface area (Å²) in [4.78, 5) is 23.1. The van der Waals surface area contributed by atoms with Crippen molar-refractivity contribution in [3.8, 4) is 5.75 Å². The number of halogens is 6. The van der Waals surface area contributed by atoms with Gasteiger partial charge < -0.3 is 14.9 Å². The SMILES string of the molecule is COc1ccc(CN2CCC3(CCN(Cc4ccc(C)cc4)CC3)CC2)cc1.O=C(O)C(F)(F)F.O=C(O)C(F)(F)F. The Balaban J connectivity index is 0.000000367. The van der Waals surface area contributed by atoms with Gasteiger partial charge >= 0.3 is 24.3 Å². The monoisotopic (exact) mass is 606 g/mol. The van der Waals surface area contributed by atoms with Crippen LogP contribution in [0.2, 0.25) is 0 Å². The van der Waals surface area contributed by atoms with Gasteiger partial charge in [-0.3, -0.25) is 9.80 Å². The largest absolute Gasteiger partial charge is 0.497 e. The average Bonchev–Trinajstić information content (AvgIpc) is 2.93. The third kappa shape index (κ3) is 11.9. The first-order chi connectivity index (χ1) is 19.5. The van der Waals surface area contributed by atoms with Crippen LogP contribution in [0.5, 0.6) is 5.75 Å². The molecule has 234 valence electrons. The summed E-state index contributed by atoms with van der Waals surface area (Å²) in [5.41, 5.74) is 4.79. The molecule has 1 spiro atoms. The van der Waals surface area contributed by atoms with Crippen LogP contribution in [0.1, 0.15) is 42.4 Å². The first-order valence-corrected chi connectivity index (χ1v) is 13.3. The van der Waals surface area contributed by atoms with Crippen molar-refractivity contribution in [2.45, 2.75) is 58.0 Å². The molecule has 0 bridgehead atoms. The molecular formula is C29H36F6N2O5. The molecule has 2 aliphatic rings. The molecule has 2 N–H and O–H groups in total. The molecular weight excluding hydrogens is 570 g/mol. The molecule has 42 heavy (non-hydrogen) atoms. The maximum atomic E-state index is 10.6. The van der Waals surface area contributed by atoms with Crippen molar-refractivity contribution in [2.75, 3.05) is 33.3 Å². The summed E-state index contributed by atoms with van der Waals surface area (Å²) < 4.78 is 68.7. The minimum atomic E-state index is -5.08. The highest BCUT2D eigenvalue weighted by Gasteiger charge is 2.39. The zero-order valence-corrected chi connectivity index (χ0v) is 23.5. The number of aliphatic carboxylic acids is 2. The molecule has 7 nitrogen and oxygen atoms in total. The lowest BCUT2D eigenvalue weighted by molar-refractivity contribution is -0.193. The van der Waals surface area contributed by atoms with Gasteiger partial charge in [0.1, 0.15) is 5.75 Å². The molecule has 0 aromatic heterocycles. The van der Waals surface area contributed by atoms with Crippen LogP contribution in [0, 0.1) is 12.3 Å². The molecule has 2 aliphatic heterocycles. The van der Waals surface area contributed by atoms with E-state index in [2.05, 4.69) is 65.3 Å². The average molecular weight is 607 g/mol. The van der Waals surface area contributed by atoms with E-state index in [1.54, 1.807) is 7.11 Å². The van der Waals surface area contributed by atoms with Gasteiger partial charge in [-0.15, -0.1) is 0 Å². The second kappa shape index (κ2) is 15.2. The van der Waals surface area contributed by atoms with E-state index in [9.17, 15) is 26.3 Å². The van der Waals surface area contributed by atoms with E-state index in [1.807, 2.05) is 0 Å². The number of likely N-dealkylation sites (tertiary alicyclic amines) is 2. The summed E-state index contributed by atoms with van der Waals surface area (Å²) in [6.45, 7) is 9.34. The number of carbonyl (C=O) groups is 2. The van der Waals surface area contributed by atoms with Crippen LogP contribution < -0.4 is 4.74 Å². The summed E-state index contributed by atoms with van der Waals surface area (Å²) in [7, 11) is 1.73. The number of rotatable bonds is 5. The molecule has 0 atom stereocenters. The number of ether oxygens (including phenoxy) is 1. The Morgan fingerprint density at radius 2 is 1.02 bits per heavy atom. The van der Waals surface area contributed by atoms with Gasteiger partial charge in [0.05, 0.1) is 7.11 Å². The van der Waals surface area contributed by atoms with Gasteiger partial charge in [0.15, 0.2) is 0 Å². The Hall–Kier alpha value is -3.32. The number of carboxylic acids is 2. The lowest BCUT2D eigenvalue weighted by Crippen LogP contribution is -2.46. The summed E-state index contributed by atoms with van der Waals surface area (Å²) in [5.74, 6) is -4.57. The molecule has 0 radical (unpaired) electrons. The van der Waals surface area contributed by atoms with Crippen LogP contribution in [-0.2, 0) is 22.7 Å². The second-order valence-corrected chi connectivity index (χ2v) is 10.5. The third-order valence-electron chi connectivity index (χ3n) is 7.41. The van der Waals surface area contributed by atoms with Crippen molar-refractivity contribution in [3.63, 3.8) is 0 Å². The zero-order chi connectivity index (χ0) is 31.6. The van der Waals surface area contributed by atoms with Gasteiger partial charge in [-0.1, -0.05) is 42.0 Å². The number of hydrogen-bond donors (Lipinski definition) is 2. The molecule has 0 unspecified atom stereocenters. The number of aryl methyl sites for hydroxylation is 1. The highest BCUT2D eigenvalue weighted by molar-refractivity contribution is 5.73. The normalized spacial score (nSPS) is 17.3. The fraction of sp³-hybridized carbons (Fsp3) is 0.517. The van der Waals surface area contributed by atoms with Gasteiger partial charge in [0.25, 0.3) is 0 Å². The molecule has 2 saturated heterocycles. The number of carboxylic acid groups (broad SMARTS) is 2. The number of benzene rings is 2. The zero-order valence-electron chi connectivity index (χ0n) is 23.5. The van der Waals surface area contributed by atoms with Crippen molar-refractivity contribution in [1.82, 2.24) is 9.80 Å². The van der Waals surface area contributed by atoms with Gasteiger partial charge in [-0.2, -0.15) is 26.3 Å². The molecule has 0 amide bonds. The standard InChI is InChI=1S/C25H34N2O.2C2HF3O2/c1-21-3-5-22(6-4-21)19-26-15-11-25(12-16-26)13-17-27(18-14-25)20-23-7-9-24(28-2)10-8-23;2*3-2(4,5)1(6)7/h3-10H,11-20H2,1-2H3;2*(H,6,7). The van der Waals surface area contributed by atoms with E-state index in [0.717, 1.165) is 18.8 Å². The van der Waals surface area contributed by atoms with Crippen molar-refractivity contribution in [2.24, 2.45) is 5.41 Å².